The first-order valence-electron chi connectivity index (χ1n) is 8.75. The summed E-state index contributed by atoms with van der Waals surface area (Å²) in [5, 5.41) is 0. The summed E-state index contributed by atoms with van der Waals surface area (Å²) in [6, 6.07) is 2.95. The summed E-state index contributed by atoms with van der Waals surface area (Å²) in [6.07, 6.45) is 5.93. The van der Waals surface area contributed by atoms with Crippen LogP contribution in [0.15, 0.2) is 18.3 Å². The largest absolute Gasteiger partial charge is 0.383 e. The fraction of sp³-hybridized carbons (Fsp3) is 0.667. The summed E-state index contributed by atoms with van der Waals surface area (Å²) in [5.74, 6) is -0.283. The van der Waals surface area contributed by atoms with E-state index in [2.05, 4.69) is 9.88 Å². The number of hydrogen-bond donors (Lipinski definition) is 0. The first-order valence-corrected chi connectivity index (χ1v) is 8.75. The minimum absolute atomic E-state index is 0.0896. The van der Waals surface area contributed by atoms with Crippen LogP contribution in [0.25, 0.3) is 0 Å². The number of ether oxygens (including phenoxy) is 1. The summed E-state index contributed by atoms with van der Waals surface area (Å²) < 4.78 is 18.2. The lowest BCUT2D eigenvalue weighted by atomic mass is 9.86. The minimum atomic E-state index is -0.372. The summed E-state index contributed by atoms with van der Waals surface area (Å²) in [6.45, 7) is 4.34. The molecule has 0 radical (unpaired) electrons. The van der Waals surface area contributed by atoms with E-state index in [0.29, 0.717) is 5.69 Å². The van der Waals surface area contributed by atoms with Gasteiger partial charge in [0.15, 0.2) is 0 Å². The van der Waals surface area contributed by atoms with Crippen molar-refractivity contribution in [1.29, 1.82) is 0 Å². The Hall–Kier alpha value is -1.53. The number of methoxy groups -OCH3 is 1. The smallest absolute Gasteiger partial charge is 0.228 e. The highest BCUT2D eigenvalue weighted by molar-refractivity contribution is 5.78. The molecule has 1 aromatic heterocycles. The summed E-state index contributed by atoms with van der Waals surface area (Å²) >= 11 is 0. The van der Waals surface area contributed by atoms with Crippen LogP contribution in [-0.2, 0) is 16.0 Å². The predicted octanol–water partition coefficient (Wildman–Crippen LogP) is 1.87. The lowest BCUT2D eigenvalue weighted by Crippen LogP contribution is -2.57. The van der Waals surface area contributed by atoms with Gasteiger partial charge in [0.2, 0.25) is 5.91 Å². The molecule has 2 saturated heterocycles. The number of rotatable bonds is 5. The van der Waals surface area contributed by atoms with E-state index in [1.54, 1.807) is 13.2 Å². The average molecular weight is 335 g/mol. The van der Waals surface area contributed by atoms with Crippen LogP contribution in [0.2, 0.25) is 0 Å². The molecule has 2 aliphatic heterocycles. The summed E-state index contributed by atoms with van der Waals surface area (Å²) in [7, 11) is 1.73. The molecule has 2 fully saturated rings. The van der Waals surface area contributed by atoms with Gasteiger partial charge in [-0.2, -0.15) is 0 Å². The number of hydrogen-bond acceptors (Lipinski definition) is 4. The van der Waals surface area contributed by atoms with Crippen LogP contribution in [0.4, 0.5) is 4.39 Å². The number of pyridine rings is 1. The van der Waals surface area contributed by atoms with Crippen LogP contribution in [0.3, 0.4) is 0 Å². The van der Waals surface area contributed by atoms with Crippen molar-refractivity contribution in [3.63, 3.8) is 0 Å². The number of piperidine rings is 1. The van der Waals surface area contributed by atoms with Crippen molar-refractivity contribution in [1.82, 2.24) is 14.8 Å². The van der Waals surface area contributed by atoms with Gasteiger partial charge in [-0.3, -0.25) is 14.7 Å². The molecule has 0 aliphatic carbocycles. The number of amides is 1. The van der Waals surface area contributed by atoms with Crippen molar-refractivity contribution in [3.05, 3.63) is 29.8 Å². The zero-order chi connectivity index (χ0) is 17.0. The van der Waals surface area contributed by atoms with E-state index in [1.165, 1.54) is 18.7 Å². The molecule has 5 nitrogen and oxygen atoms in total. The molecule has 1 aromatic rings. The fourth-order valence-corrected chi connectivity index (χ4v) is 4.11. The van der Waals surface area contributed by atoms with Crippen LogP contribution in [0, 0.1) is 5.82 Å². The highest BCUT2D eigenvalue weighted by Gasteiger charge is 2.44. The molecule has 1 unspecified atom stereocenters. The van der Waals surface area contributed by atoms with Crippen molar-refractivity contribution in [2.45, 2.75) is 37.6 Å². The Morgan fingerprint density at radius 2 is 2.12 bits per heavy atom. The van der Waals surface area contributed by atoms with E-state index < -0.39 is 0 Å². The van der Waals surface area contributed by atoms with Crippen molar-refractivity contribution in [2.75, 3.05) is 39.9 Å². The molecule has 1 spiro atoms. The topological polar surface area (TPSA) is 45.7 Å². The van der Waals surface area contributed by atoms with Crippen molar-refractivity contribution >= 4 is 5.91 Å². The van der Waals surface area contributed by atoms with Gasteiger partial charge in [0, 0.05) is 38.0 Å². The Morgan fingerprint density at radius 3 is 2.83 bits per heavy atom. The van der Waals surface area contributed by atoms with Crippen molar-refractivity contribution < 1.29 is 13.9 Å². The Labute approximate surface area is 142 Å². The standard InChI is InChI=1S/C18H26FN3O2/c1-24-11-10-22-9-3-7-18(22)6-2-8-21(14-18)17(23)12-16-5-4-15(19)13-20-16/h4-5,13H,2-3,6-12,14H2,1H3. The first kappa shape index (κ1) is 17.3. The second-order valence-electron chi connectivity index (χ2n) is 6.87. The van der Waals surface area contributed by atoms with Gasteiger partial charge in [-0.15, -0.1) is 0 Å². The maximum atomic E-state index is 13.0. The fourth-order valence-electron chi connectivity index (χ4n) is 4.11. The lowest BCUT2D eigenvalue weighted by Gasteiger charge is -2.46. The normalized spacial score (nSPS) is 24.7. The number of carbonyl (C=O) groups excluding carboxylic acids is 1. The number of carbonyl (C=O) groups is 1. The Kier molecular flexibility index (Phi) is 5.46. The van der Waals surface area contributed by atoms with E-state index in [-0.39, 0.29) is 23.7 Å². The Balaban J connectivity index is 1.64. The van der Waals surface area contributed by atoms with Crippen LogP contribution >= 0.6 is 0 Å². The van der Waals surface area contributed by atoms with E-state index >= 15 is 0 Å². The zero-order valence-corrected chi connectivity index (χ0v) is 14.3. The van der Waals surface area contributed by atoms with Gasteiger partial charge in [-0.25, -0.2) is 4.39 Å². The third-order valence-corrected chi connectivity index (χ3v) is 5.34. The second-order valence-corrected chi connectivity index (χ2v) is 6.87. The van der Waals surface area contributed by atoms with Crippen LogP contribution in [-0.4, -0.2) is 66.1 Å². The van der Waals surface area contributed by atoms with E-state index in [0.717, 1.165) is 52.0 Å². The van der Waals surface area contributed by atoms with E-state index in [1.807, 2.05) is 4.90 Å². The maximum absolute atomic E-state index is 13.0. The molecule has 24 heavy (non-hydrogen) atoms. The second kappa shape index (κ2) is 7.57. The quantitative estimate of drug-likeness (QED) is 0.824. The van der Waals surface area contributed by atoms with Gasteiger partial charge in [0.25, 0.3) is 0 Å². The Morgan fingerprint density at radius 1 is 1.33 bits per heavy atom. The van der Waals surface area contributed by atoms with Crippen molar-refractivity contribution in [3.8, 4) is 0 Å². The molecule has 0 N–H and O–H groups in total. The minimum Gasteiger partial charge on any atom is -0.383 e. The first-order chi connectivity index (χ1) is 11.6. The third-order valence-electron chi connectivity index (χ3n) is 5.34. The predicted molar refractivity (Wildman–Crippen MR) is 89.1 cm³/mol. The number of aromatic nitrogens is 1. The Bertz CT molecular complexity index is 566. The molecular weight excluding hydrogens is 309 g/mol. The molecule has 1 amide bonds. The highest BCUT2D eigenvalue weighted by atomic mass is 19.1. The van der Waals surface area contributed by atoms with Gasteiger partial charge < -0.3 is 9.64 Å². The number of nitrogens with zero attached hydrogens (tertiary/aromatic N) is 3. The van der Waals surface area contributed by atoms with Gasteiger partial charge >= 0.3 is 0 Å². The van der Waals surface area contributed by atoms with Crippen molar-refractivity contribution in [2.24, 2.45) is 0 Å². The van der Waals surface area contributed by atoms with Crippen LogP contribution < -0.4 is 0 Å². The molecule has 1 atom stereocenters. The molecular formula is C18H26FN3O2. The molecule has 6 heteroatoms. The van der Waals surface area contributed by atoms with Gasteiger partial charge in [-0.1, -0.05) is 0 Å². The third kappa shape index (κ3) is 3.75. The average Bonchev–Trinajstić information content (AvgIpc) is 2.96. The number of halogens is 1. The molecule has 0 aromatic carbocycles. The maximum Gasteiger partial charge on any atom is 0.228 e. The molecule has 132 valence electrons. The monoisotopic (exact) mass is 335 g/mol. The summed E-state index contributed by atoms with van der Waals surface area (Å²) in [5.41, 5.74) is 0.742. The highest BCUT2D eigenvalue weighted by Crippen LogP contribution is 2.37. The summed E-state index contributed by atoms with van der Waals surface area (Å²) in [4.78, 5) is 21.1. The van der Waals surface area contributed by atoms with Gasteiger partial charge in [0.1, 0.15) is 5.82 Å². The molecule has 3 rings (SSSR count). The van der Waals surface area contributed by atoms with Crippen LogP contribution in [0.5, 0.6) is 0 Å². The lowest BCUT2D eigenvalue weighted by molar-refractivity contribution is -0.134. The zero-order valence-electron chi connectivity index (χ0n) is 14.3. The van der Waals surface area contributed by atoms with Crippen LogP contribution in [0.1, 0.15) is 31.4 Å². The van der Waals surface area contributed by atoms with E-state index in [9.17, 15) is 9.18 Å². The van der Waals surface area contributed by atoms with Gasteiger partial charge in [0.05, 0.1) is 19.2 Å². The number of likely N-dealkylation sites (tertiary alicyclic amines) is 2. The SMILES string of the molecule is COCCN1CCCC12CCCN(C(=O)Cc1ccc(F)cn1)C2. The van der Waals surface area contributed by atoms with E-state index in [4.69, 9.17) is 4.74 Å². The molecule has 0 bridgehead atoms. The van der Waals surface area contributed by atoms with Gasteiger partial charge in [-0.05, 0) is 44.4 Å². The molecule has 3 heterocycles. The molecule has 2 aliphatic rings. The molecule has 0 saturated carbocycles.